The molecule has 0 radical (unpaired) electrons. The summed E-state index contributed by atoms with van der Waals surface area (Å²) in [5, 5.41) is 32.2. The van der Waals surface area contributed by atoms with E-state index in [2.05, 4.69) is 26.8 Å². The molecule has 3 rings (SSSR count). The van der Waals surface area contributed by atoms with Gasteiger partial charge in [0.25, 0.3) is 5.69 Å². The minimum Gasteiger partial charge on any atom is -0.481 e. The number of aliphatic carboxylic acids is 2. The molecule has 8 heteroatoms. The molecule has 4 unspecified atom stereocenters. The number of nitrogens with zero attached hydrogens (tertiary/aromatic N) is 2. The number of carboxylic acid groups (broad SMARTS) is 2. The zero-order chi connectivity index (χ0) is 27.9. The topological polar surface area (TPSA) is 121 Å². The first-order chi connectivity index (χ1) is 17.1. The molecule has 2 aliphatic rings. The highest BCUT2D eigenvalue weighted by Crippen LogP contribution is 2.51. The largest absolute Gasteiger partial charge is 0.481 e. The highest BCUT2D eigenvalue weighted by Gasteiger charge is 2.56. The van der Waals surface area contributed by atoms with E-state index in [1.54, 1.807) is 24.9 Å². The van der Waals surface area contributed by atoms with Gasteiger partial charge in [-0.05, 0) is 62.5 Å². The van der Waals surface area contributed by atoms with Crippen molar-refractivity contribution in [2.45, 2.75) is 72.3 Å². The fraction of sp³-hybridized carbons (Fsp3) is 0.517. The molecule has 0 aromatic heterocycles. The number of nitro groups is 1. The van der Waals surface area contributed by atoms with Gasteiger partial charge in [-0.3, -0.25) is 14.9 Å². The predicted molar refractivity (Wildman–Crippen MR) is 142 cm³/mol. The molecule has 0 bridgehead atoms. The lowest BCUT2D eigenvalue weighted by molar-refractivity contribution is -0.384. The van der Waals surface area contributed by atoms with E-state index in [4.69, 9.17) is 0 Å². The van der Waals surface area contributed by atoms with Gasteiger partial charge in [-0.2, -0.15) is 0 Å². The second-order valence-corrected chi connectivity index (χ2v) is 11.3. The second kappa shape index (κ2) is 10.1. The van der Waals surface area contributed by atoms with Crippen molar-refractivity contribution in [3.05, 3.63) is 74.5 Å². The summed E-state index contributed by atoms with van der Waals surface area (Å²) in [4.78, 5) is 38.1. The van der Waals surface area contributed by atoms with Crippen molar-refractivity contribution < 1.29 is 24.7 Å². The van der Waals surface area contributed by atoms with Gasteiger partial charge in [0.05, 0.1) is 22.0 Å². The van der Waals surface area contributed by atoms with E-state index in [-0.39, 0.29) is 22.6 Å². The normalized spacial score (nSPS) is 26.9. The van der Waals surface area contributed by atoms with Crippen molar-refractivity contribution in [2.24, 2.45) is 17.3 Å². The zero-order valence-electron chi connectivity index (χ0n) is 22.7. The summed E-state index contributed by atoms with van der Waals surface area (Å²) in [6.45, 7) is 12.1. The molecule has 1 aromatic carbocycles. The quantitative estimate of drug-likeness (QED) is 0.333. The molecule has 8 nitrogen and oxygen atoms in total. The van der Waals surface area contributed by atoms with Crippen LogP contribution in [0.25, 0.3) is 0 Å². The van der Waals surface area contributed by atoms with Crippen LogP contribution in [0.4, 0.5) is 5.69 Å². The Morgan fingerprint density at radius 2 is 1.86 bits per heavy atom. The molecule has 4 atom stereocenters. The molecular formula is C29H38N2O6. The van der Waals surface area contributed by atoms with E-state index >= 15 is 0 Å². The Morgan fingerprint density at radius 1 is 1.22 bits per heavy atom. The molecule has 0 fully saturated rings. The fourth-order valence-corrected chi connectivity index (χ4v) is 6.39. The molecule has 1 aromatic rings. The van der Waals surface area contributed by atoms with Crippen molar-refractivity contribution in [3.63, 3.8) is 0 Å². The molecule has 0 amide bonds. The third-order valence-electron chi connectivity index (χ3n) is 8.84. The van der Waals surface area contributed by atoms with Crippen LogP contribution in [0.5, 0.6) is 0 Å². The summed E-state index contributed by atoms with van der Waals surface area (Å²) >= 11 is 0. The molecule has 0 saturated heterocycles. The van der Waals surface area contributed by atoms with Crippen molar-refractivity contribution in [1.82, 2.24) is 4.90 Å². The minimum atomic E-state index is -1.23. The number of non-ortho nitro benzene ring substituents is 1. The predicted octanol–water partition coefficient (Wildman–Crippen LogP) is 6.16. The maximum absolute atomic E-state index is 12.9. The van der Waals surface area contributed by atoms with Gasteiger partial charge in [0.15, 0.2) is 0 Å². The van der Waals surface area contributed by atoms with Crippen LogP contribution in [0.1, 0.15) is 72.3 Å². The van der Waals surface area contributed by atoms with Gasteiger partial charge in [-0.25, -0.2) is 4.79 Å². The van der Waals surface area contributed by atoms with E-state index in [0.717, 1.165) is 19.3 Å². The van der Waals surface area contributed by atoms with Gasteiger partial charge in [-0.1, -0.05) is 50.6 Å². The SMILES string of the molecule is CC1=C(C=CC(C)C2(C)C(C(=O)O)C(c3cccc([N+](=O)[O-])c3)C(C(=O)O)=C(C)N2C)C(C)(C)CCC1. The molecule has 1 heterocycles. The van der Waals surface area contributed by atoms with Crippen molar-refractivity contribution in [2.75, 3.05) is 7.05 Å². The van der Waals surface area contributed by atoms with Crippen molar-refractivity contribution in [1.29, 1.82) is 0 Å². The average molecular weight is 511 g/mol. The number of benzene rings is 1. The maximum atomic E-state index is 12.9. The van der Waals surface area contributed by atoms with Crippen LogP contribution in [-0.4, -0.2) is 44.6 Å². The summed E-state index contributed by atoms with van der Waals surface area (Å²) < 4.78 is 0. The highest BCUT2D eigenvalue weighted by molar-refractivity contribution is 5.92. The second-order valence-electron chi connectivity index (χ2n) is 11.3. The molecule has 200 valence electrons. The Morgan fingerprint density at radius 3 is 2.41 bits per heavy atom. The summed E-state index contributed by atoms with van der Waals surface area (Å²) in [7, 11) is 1.73. The average Bonchev–Trinajstić information content (AvgIpc) is 2.80. The monoisotopic (exact) mass is 510 g/mol. The van der Waals surface area contributed by atoms with Gasteiger partial charge < -0.3 is 15.1 Å². The smallest absolute Gasteiger partial charge is 0.333 e. The summed E-state index contributed by atoms with van der Waals surface area (Å²) in [6.07, 6.45) is 7.41. The van der Waals surface area contributed by atoms with Gasteiger partial charge in [0.1, 0.15) is 0 Å². The van der Waals surface area contributed by atoms with E-state index in [1.807, 2.05) is 19.9 Å². The number of nitro benzene ring substituents is 1. The first kappa shape index (κ1) is 28.2. The minimum absolute atomic E-state index is 0.0158. The number of carbonyl (C=O) groups is 2. The van der Waals surface area contributed by atoms with Crippen LogP contribution in [0, 0.1) is 27.4 Å². The Hall–Kier alpha value is -3.42. The number of hydrogen-bond donors (Lipinski definition) is 2. The molecular weight excluding hydrogens is 472 g/mol. The third-order valence-corrected chi connectivity index (χ3v) is 8.84. The van der Waals surface area contributed by atoms with Gasteiger partial charge in [0.2, 0.25) is 0 Å². The lowest BCUT2D eigenvalue weighted by Crippen LogP contribution is -2.60. The maximum Gasteiger partial charge on any atom is 0.333 e. The van der Waals surface area contributed by atoms with E-state index in [9.17, 15) is 29.9 Å². The molecule has 37 heavy (non-hydrogen) atoms. The van der Waals surface area contributed by atoms with Crippen LogP contribution in [0.15, 0.2) is 58.8 Å². The van der Waals surface area contributed by atoms with Gasteiger partial charge in [0, 0.05) is 30.8 Å². The van der Waals surface area contributed by atoms with Crippen molar-refractivity contribution >= 4 is 17.6 Å². The fourth-order valence-electron chi connectivity index (χ4n) is 6.39. The number of rotatable bonds is 7. The van der Waals surface area contributed by atoms with E-state index in [1.165, 1.54) is 29.3 Å². The van der Waals surface area contributed by atoms with Crippen molar-refractivity contribution in [3.8, 4) is 0 Å². The Labute approximate surface area is 218 Å². The molecule has 1 aliphatic carbocycles. The zero-order valence-corrected chi connectivity index (χ0v) is 22.7. The lowest BCUT2D eigenvalue weighted by Gasteiger charge is -2.54. The molecule has 1 aliphatic heterocycles. The summed E-state index contributed by atoms with van der Waals surface area (Å²) in [5.41, 5.74) is 2.06. The summed E-state index contributed by atoms with van der Waals surface area (Å²) in [6, 6.07) is 5.66. The van der Waals surface area contributed by atoms with Gasteiger partial charge in [-0.15, -0.1) is 0 Å². The van der Waals surface area contributed by atoms with Crippen LogP contribution >= 0.6 is 0 Å². The number of carboxylic acids is 2. The van der Waals surface area contributed by atoms with Crippen LogP contribution in [0.2, 0.25) is 0 Å². The van der Waals surface area contributed by atoms with E-state index < -0.39 is 34.2 Å². The summed E-state index contributed by atoms with van der Waals surface area (Å²) in [5.74, 6) is -4.92. The lowest BCUT2D eigenvalue weighted by atomic mass is 9.62. The number of allylic oxidation sites excluding steroid dienone is 4. The van der Waals surface area contributed by atoms with Crippen LogP contribution in [0.3, 0.4) is 0 Å². The standard InChI is InChI=1S/C29H38N2O6/c1-17-10-9-15-28(4,5)22(17)14-13-18(2)29(6)25(27(34)35)24(23(26(32)33)19(3)30(29)7)20-11-8-12-21(16-20)31(36)37/h8,11-14,16,18,24-25H,9-10,15H2,1-7H3,(H,32,33)(H,34,35). The molecule has 0 saturated carbocycles. The highest BCUT2D eigenvalue weighted by atomic mass is 16.6. The first-order valence-corrected chi connectivity index (χ1v) is 12.7. The van der Waals surface area contributed by atoms with Gasteiger partial charge >= 0.3 is 11.9 Å². The Kier molecular flexibility index (Phi) is 7.72. The van der Waals surface area contributed by atoms with Crippen LogP contribution < -0.4 is 0 Å². The first-order valence-electron chi connectivity index (χ1n) is 12.7. The molecule has 2 N–H and O–H groups in total. The number of hydrogen-bond acceptors (Lipinski definition) is 5. The Bertz CT molecular complexity index is 1210. The molecule has 0 spiro atoms. The van der Waals surface area contributed by atoms with Crippen LogP contribution in [-0.2, 0) is 9.59 Å². The van der Waals surface area contributed by atoms with E-state index in [0.29, 0.717) is 11.3 Å². The Balaban J connectivity index is 2.21. The third kappa shape index (κ3) is 4.93.